The van der Waals surface area contributed by atoms with Crippen LogP contribution in [0.5, 0.6) is 0 Å². The Morgan fingerprint density at radius 3 is 2.85 bits per heavy atom. The molecule has 0 amide bonds. The Kier molecular flexibility index (Phi) is 4.89. The molecule has 6 heteroatoms. The van der Waals surface area contributed by atoms with Crippen molar-refractivity contribution in [2.75, 3.05) is 11.9 Å². The first-order chi connectivity index (χ1) is 9.59. The van der Waals surface area contributed by atoms with Gasteiger partial charge in [-0.25, -0.2) is 9.97 Å². The normalized spacial score (nSPS) is 10.9. The minimum absolute atomic E-state index is 0.251. The van der Waals surface area contributed by atoms with Gasteiger partial charge in [-0.05, 0) is 32.3 Å². The lowest BCUT2D eigenvalue weighted by Gasteiger charge is -2.06. The third-order valence-electron chi connectivity index (χ3n) is 3.33. The van der Waals surface area contributed by atoms with Crippen LogP contribution in [0.25, 0.3) is 10.2 Å². The summed E-state index contributed by atoms with van der Waals surface area (Å²) in [4.78, 5) is 21.3. The first-order valence-electron chi connectivity index (χ1n) is 6.76. The van der Waals surface area contributed by atoms with Gasteiger partial charge in [0, 0.05) is 17.8 Å². The molecule has 108 valence electrons. The highest BCUT2D eigenvalue weighted by Gasteiger charge is 2.11. The fourth-order valence-electron chi connectivity index (χ4n) is 2.10. The molecular formula is C14H19N3O2S. The fourth-order valence-corrected chi connectivity index (χ4v) is 3.10. The molecule has 0 spiro atoms. The number of hydrogen-bond donors (Lipinski definition) is 2. The van der Waals surface area contributed by atoms with Crippen LogP contribution in [0.3, 0.4) is 0 Å². The molecular weight excluding hydrogens is 274 g/mol. The van der Waals surface area contributed by atoms with Crippen molar-refractivity contribution in [2.45, 2.75) is 39.5 Å². The first-order valence-corrected chi connectivity index (χ1v) is 7.57. The highest BCUT2D eigenvalue weighted by atomic mass is 32.1. The van der Waals surface area contributed by atoms with E-state index < -0.39 is 5.97 Å². The standard InChI is InChI=1S/C14H19N3O2S/c1-9-10(2)20-14-12(9)13(16-8-17-14)15-7-5-3-4-6-11(18)19/h8H,3-7H2,1-2H3,(H,18,19)(H,15,16,17). The smallest absolute Gasteiger partial charge is 0.303 e. The van der Waals surface area contributed by atoms with Crippen molar-refractivity contribution in [1.29, 1.82) is 0 Å². The summed E-state index contributed by atoms with van der Waals surface area (Å²) in [6.45, 7) is 4.99. The number of rotatable bonds is 7. The van der Waals surface area contributed by atoms with Gasteiger partial charge in [-0.15, -0.1) is 11.3 Å². The molecule has 0 unspecified atom stereocenters. The first kappa shape index (κ1) is 14.7. The van der Waals surface area contributed by atoms with Crippen LogP contribution < -0.4 is 5.32 Å². The van der Waals surface area contributed by atoms with Crippen molar-refractivity contribution in [2.24, 2.45) is 0 Å². The summed E-state index contributed by atoms with van der Waals surface area (Å²) in [6, 6.07) is 0. The van der Waals surface area contributed by atoms with Crippen LogP contribution in [-0.4, -0.2) is 27.6 Å². The third kappa shape index (κ3) is 3.45. The van der Waals surface area contributed by atoms with E-state index in [1.165, 1.54) is 10.4 Å². The van der Waals surface area contributed by atoms with Crippen molar-refractivity contribution in [3.63, 3.8) is 0 Å². The van der Waals surface area contributed by atoms with Gasteiger partial charge >= 0.3 is 5.97 Å². The Balaban J connectivity index is 1.92. The molecule has 0 bridgehead atoms. The number of nitrogens with one attached hydrogen (secondary N) is 1. The van der Waals surface area contributed by atoms with E-state index >= 15 is 0 Å². The number of carboxylic acid groups (broad SMARTS) is 1. The molecule has 0 aliphatic rings. The Labute approximate surface area is 122 Å². The average Bonchev–Trinajstić information content (AvgIpc) is 2.70. The Morgan fingerprint density at radius 1 is 1.30 bits per heavy atom. The number of thiophene rings is 1. The quantitative estimate of drug-likeness (QED) is 0.766. The van der Waals surface area contributed by atoms with E-state index in [0.717, 1.165) is 41.8 Å². The topological polar surface area (TPSA) is 75.1 Å². The van der Waals surface area contributed by atoms with Crippen molar-refractivity contribution >= 4 is 33.3 Å². The van der Waals surface area contributed by atoms with Gasteiger partial charge in [0.15, 0.2) is 0 Å². The minimum Gasteiger partial charge on any atom is -0.481 e. The Hall–Kier alpha value is -1.69. The van der Waals surface area contributed by atoms with Crippen LogP contribution in [0.4, 0.5) is 5.82 Å². The second kappa shape index (κ2) is 6.65. The Morgan fingerprint density at radius 2 is 2.10 bits per heavy atom. The van der Waals surface area contributed by atoms with E-state index in [4.69, 9.17) is 5.11 Å². The molecule has 2 aromatic rings. The molecule has 5 nitrogen and oxygen atoms in total. The van der Waals surface area contributed by atoms with Gasteiger partial charge in [0.2, 0.25) is 0 Å². The van der Waals surface area contributed by atoms with E-state index in [9.17, 15) is 4.79 Å². The number of carboxylic acids is 1. The second-order valence-corrected chi connectivity index (χ2v) is 6.02. The van der Waals surface area contributed by atoms with Crippen LogP contribution in [0.15, 0.2) is 6.33 Å². The van der Waals surface area contributed by atoms with E-state index in [1.54, 1.807) is 17.7 Å². The predicted octanol–water partition coefficient (Wildman–Crippen LogP) is 3.37. The van der Waals surface area contributed by atoms with Crippen LogP contribution in [0.1, 0.15) is 36.1 Å². The fraction of sp³-hybridized carbons (Fsp3) is 0.500. The van der Waals surface area contributed by atoms with E-state index in [0.29, 0.717) is 0 Å². The van der Waals surface area contributed by atoms with Gasteiger partial charge in [0.25, 0.3) is 0 Å². The molecule has 20 heavy (non-hydrogen) atoms. The largest absolute Gasteiger partial charge is 0.481 e. The number of aromatic nitrogens is 2. The third-order valence-corrected chi connectivity index (χ3v) is 4.44. The van der Waals surface area contributed by atoms with Crippen LogP contribution >= 0.6 is 11.3 Å². The molecule has 2 rings (SSSR count). The number of unbranched alkanes of at least 4 members (excludes halogenated alkanes) is 2. The molecule has 0 aromatic carbocycles. The lowest BCUT2D eigenvalue weighted by Crippen LogP contribution is -2.04. The maximum absolute atomic E-state index is 10.4. The summed E-state index contributed by atoms with van der Waals surface area (Å²) in [7, 11) is 0. The number of aliphatic carboxylic acids is 1. The number of anilines is 1. The molecule has 0 aliphatic carbocycles. The molecule has 0 aliphatic heterocycles. The minimum atomic E-state index is -0.722. The molecule has 2 aromatic heterocycles. The van der Waals surface area contributed by atoms with Crippen molar-refractivity contribution in [3.8, 4) is 0 Å². The average molecular weight is 293 g/mol. The molecule has 2 heterocycles. The van der Waals surface area contributed by atoms with Gasteiger partial charge in [0.05, 0.1) is 5.39 Å². The highest BCUT2D eigenvalue weighted by Crippen LogP contribution is 2.32. The molecule has 2 N–H and O–H groups in total. The molecule has 0 atom stereocenters. The molecule has 0 fully saturated rings. The van der Waals surface area contributed by atoms with E-state index in [2.05, 4.69) is 29.1 Å². The van der Waals surface area contributed by atoms with Crippen molar-refractivity contribution in [1.82, 2.24) is 9.97 Å². The molecule has 0 saturated carbocycles. The number of carbonyl (C=O) groups is 1. The lowest BCUT2D eigenvalue weighted by atomic mass is 10.2. The second-order valence-electron chi connectivity index (χ2n) is 4.82. The molecule has 0 saturated heterocycles. The van der Waals surface area contributed by atoms with Crippen LogP contribution in [0, 0.1) is 13.8 Å². The summed E-state index contributed by atoms with van der Waals surface area (Å²) in [5.41, 5.74) is 1.24. The zero-order valence-corrected chi connectivity index (χ0v) is 12.6. The maximum atomic E-state index is 10.4. The predicted molar refractivity (Wildman–Crippen MR) is 81.5 cm³/mol. The van der Waals surface area contributed by atoms with E-state index in [-0.39, 0.29) is 6.42 Å². The van der Waals surface area contributed by atoms with Gasteiger partial charge < -0.3 is 10.4 Å². The summed E-state index contributed by atoms with van der Waals surface area (Å²) < 4.78 is 0. The summed E-state index contributed by atoms with van der Waals surface area (Å²) in [5.74, 6) is 0.162. The zero-order valence-electron chi connectivity index (χ0n) is 11.8. The van der Waals surface area contributed by atoms with Crippen LogP contribution in [-0.2, 0) is 4.79 Å². The van der Waals surface area contributed by atoms with Crippen molar-refractivity contribution < 1.29 is 9.90 Å². The monoisotopic (exact) mass is 293 g/mol. The number of nitrogens with zero attached hydrogens (tertiary/aromatic N) is 2. The van der Waals surface area contributed by atoms with Gasteiger partial charge in [0.1, 0.15) is 17.0 Å². The molecule has 0 radical (unpaired) electrons. The number of hydrogen-bond acceptors (Lipinski definition) is 5. The lowest BCUT2D eigenvalue weighted by molar-refractivity contribution is -0.137. The summed E-state index contributed by atoms with van der Waals surface area (Å²) in [5, 5.41) is 13.0. The maximum Gasteiger partial charge on any atom is 0.303 e. The highest BCUT2D eigenvalue weighted by molar-refractivity contribution is 7.18. The SMILES string of the molecule is Cc1sc2ncnc(NCCCCCC(=O)O)c2c1C. The zero-order chi connectivity index (χ0) is 14.5. The Bertz CT molecular complexity index is 610. The number of fused-ring (bicyclic) bond motifs is 1. The van der Waals surface area contributed by atoms with Crippen molar-refractivity contribution in [3.05, 3.63) is 16.8 Å². The summed E-state index contributed by atoms with van der Waals surface area (Å²) >= 11 is 1.69. The number of aryl methyl sites for hydroxylation is 2. The van der Waals surface area contributed by atoms with Gasteiger partial charge in [-0.2, -0.15) is 0 Å². The van der Waals surface area contributed by atoms with Gasteiger partial charge in [-0.1, -0.05) is 6.42 Å². The van der Waals surface area contributed by atoms with Crippen LogP contribution in [0.2, 0.25) is 0 Å². The van der Waals surface area contributed by atoms with Gasteiger partial charge in [-0.3, -0.25) is 4.79 Å². The van der Waals surface area contributed by atoms with E-state index in [1.807, 2.05) is 0 Å². The summed E-state index contributed by atoms with van der Waals surface area (Å²) in [6.07, 6.45) is 4.42.